The SMILES string of the molecule is CC(C)=CCNC(=O)C(C)(N)c1ccccc1. The van der Waals surface area contributed by atoms with Crippen LogP contribution in [0.15, 0.2) is 42.0 Å². The van der Waals surface area contributed by atoms with Crippen LogP contribution in [-0.2, 0) is 10.3 Å². The highest BCUT2D eigenvalue weighted by molar-refractivity contribution is 5.87. The Labute approximate surface area is 103 Å². The number of hydrogen-bond acceptors (Lipinski definition) is 2. The molecule has 1 amide bonds. The number of carbonyl (C=O) groups is 1. The lowest BCUT2D eigenvalue weighted by Gasteiger charge is -2.23. The normalized spacial score (nSPS) is 13.6. The second-order valence-corrected chi connectivity index (χ2v) is 4.56. The molecule has 92 valence electrons. The maximum absolute atomic E-state index is 12.0. The van der Waals surface area contributed by atoms with Crippen molar-refractivity contribution in [1.29, 1.82) is 0 Å². The van der Waals surface area contributed by atoms with E-state index in [0.717, 1.165) is 5.56 Å². The molecule has 1 rings (SSSR count). The van der Waals surface area contributed by atoms with Gasteiger partial charge in [0.2, 0.25) is 5.91 Å². The van der Waals surface area contributed by atoms with Gasteiger partial charge in [-0.15, -0.1) is 0 Å². The van der Waals surface area contributed by atoms with Gasteiger partial charge in [-0.05, 0) is 26.3 Å². The molecular weight excluding hydrogens is 212 g/mol. The van der Waals surface area contributed by atoms with Crippen LogP contribution in [-0.4, -0.2) is 12.5 Å². The summed E-state index contributed by atoms with van der Waals surface area (Å²) in [5, 5.41) is 2.81. The van der Waals surface area contributed by atoms with Gasteiger partial charge >= 0.3 is 0 Å². The Kier molecular flexibility index (Phi) is 4.46. The first kappa shape index (κ1) is 13.5. The van der Waals surface area contributed by atoms with Crippen molar-refractivity contribution in [2.24, 2.45) is 5.73 Å². The Bertz CT molecular complexity index is 403. The zero-order valence-corrected chi connectivity index (χ0v) is 10.7. The molecule has 1 unspecified atom stereocenters. The molecule has 0 aliphatic carbocycles. The average Bonchev–Trinajstić information content (AvgIpc) is 2.29. The minimum absolute atomic E-state index is 0.166. The van der Waals surface area contributed by atoms with Crippen molar-refractivity contribution in [2.75, 3.05) is 6.54 Å². The van der Waals surface area contributed by atoms with Crippen LogP contribution in [0.1, 0.15) is 26.3 Å². The third-order valence-electron chi connectivity index (χ3n) is 2.62. The van der Waals surface area contributed by atoms with E-state index in [-0.39, 0.29) is 5.91 Å². The Hall–Kier alpha value is -1.61. The van der Waals surface area contributed by atoms with Crippen molar-refractivity contribution < 1.29 is 4.79 Å². The number of nitrogens with one attached hydrogen (secondary N) is 1. The lowest BCUT2D eigenvalue weighted by Crippen LogP contribution is -2.49. The van der Waals surface area contributed by atoms with Crippen LogP contribution >= 0.6 is 0 Å². The Morgan fingerprint density at radius 3 is 2.47 bits per heavy atom. The summed E-state index contributed by atoms with van der Waals surface area (Å²) in [5.74, 6) is -0.166. The molecule has 1 atom stereocenters. The third-order valence-corrected chi connectivity index (χ3v) is 2.62. The molecule has 0 fully saturated rings. The molecule has 0 heterocycles. The van der Waals surface area contributed by atoms with Crippen LogP contribution in [0.25, 0.3) is 0 Å². The van der Waals surface area contributed by atoms with Gasteiger partial charge in [0.25, 0.3) is 0 Å². The topological polar surface area (TPSA) is 55.1 Å². The largest absolute Gasteiger partial charge is 0.351 e. The molecule has 17 heavy (non-hydrogen) atoms. The zero-order valence-electron chi connectivity index (χ0n) is 10.7. The quantitative estimate of drug-likeness (QED) is 0.779. The van der Waals surface area contributed by atoms with Crippen molar-refractivity contribution in [3.63, 3.8) is 0 Å². The molecule has 0 saturated heterocycles. The first-order chi connectivity index (χ1) is 7.94. The summed E-state index contributed by atoms with van der Waals surface area (Å²) in [6, 6.07) is 9.38. The van der Waals surface area contributed by atoms with Crippen molar-refractivity contribution in [3.8, 4) is 0 Å². The van der Waals surface area contributed by atoms with E-state index in [4.69, 9.17) is 5.73 Å². The fourth-order valence-electron chi connectivity index (χ4n) is 1.45. The number of hydrogen-bond donors (Lipinski definition) is 2. The summed E-state index contributed by atoms with van der Waals surface area (Å²) in [5.41, 5.74) is 7.06. The van der Waals surface area contributed by atoms with Crippen LogP contribution < -0.4 is 11.1 Å². The van der Waals surface area contributed by atoms with E-state index in [9.17, 15) is 4.79 Å². The van der Waals surface area contributed by atoms with Gasteiger partial charge in [-0.25, -0.2) is 0 Å². The molecule has 3 heteroatoms. The van der Waals surface area contributed by atoms with E-state index in [1.807, 2.05) is 50.3 Å². The predicted molar refractivity (Wildman–Crippen MR) is 70.4 cm³/mol. The van der Waals surface area contributed by atoms with E-state index >= 15 is 0 Å². The second kappa shape index (κ2) is 5.64. The number of allylic oxidation sites excluding steroid dienone is 1. The molecule has 0 aliphatic heterocycles. The van der Waals surface area contributed by atoms with Gasteiger partial charge in [0.1, 0.15) is 5.54 Å². The smallest absolute Gasteiger partial charge is 0.244 e. The number of rotatable bonds is 4. The lowest BCUT2D eigenvalue weighted by atomic mass is 9.92. The number of carbonyl (C=O) groups excluding carboxylic acids is 1. The molecule has 1 aromatic carbocycles. The number of nitrogens with two attached hydrogens (primary N) is 1. The molecule has 3 N–H and O–H groups in total. The van der Waals surface area contributed by atoms with Crippen molar-refractivity contribution in [1.82, 2.24) is 5.32 Å². The summed E-state index contributed by atoms with van der Waals surface area (Å²) in [4.78, 5) is 12.0. The van der Waals surface area contributed by atoms with E-state index < -0.39 is 5.54 Å². The van der Waals surface area contributed by atoms with Crippen LogP contribution in [0.4, 0.5) is 0 Å². The average molecular weight is 232 g/mol. The lowest BCUT2D eigenvalue weighted by molar-refractivity contribution is -0.125. The van der Waals surface area contributed by atoms with Crippen LogP contribution in [0, 0.1) is 0 Å². The summed E-state index contributed by atoms with van der Waals surface area (Å²) < 4.78 is 0. The Morgan fingerprint density at radius 2 is 1.94 bits per heavy atom. The van der Waals surface area contributed by atoms with E-state index in [1.54, 1.807) is 6.92 Å². The molecule has 0 bridgehead atoms. The first-order valence-corrected chi connectivity index (χ1v) is 5.70. The highest BCUT2D eigenvalue weighted by atomic mass is 16.2. The molecule has 1 aromatic rings. The maximum Gasteiger partial charge on any atom is 0.244 e. The maximum atomic E-state index is 12.0. The Balaban J connectivity index is 2.71. The number of benzene rings is 1. The van der Waals surface area contributed by atoms with E-state index in [2.05, 4.69) is 5.32 Å². The highest BCUT2D eigenvalue weighted by Gasteiger charge is 2.29. The fraction of sp³-hybridized carbons (Fsp3) is 0.357. The first-order valence-electron chi connectivity index (χ1n) is 5.70. The standard InChI is InChI=1S/C14H20N2O/c1-11(2)9-10-16-13(17)14(3,15)12-7-5-4-6-8-12/h4-9H,10,15H2,1-3H3,(H,16,17). The van der Waals surface area contributed by atoms with Crippen LogP contribution in [0.2, 0.25) is 0 Å². The van der Waals surface area contributed by atoms with Crippen molar-refractivity contribution in [2.45, 2.75) is 26.3 Å². The molecule has 0 radical (unpaired) electrons. The Morgan fingerprint density at radius 1 is 1.35 bits per heavy atom. The zero-order chi connectivity index (χ0) is 12.9. The molecule has 3 nitrogen and oxygen atoms in total. The summed E-state index contributed by atoms with van der Waals surface area (Å²) in [7, 11) is 0. The van der Waals surface area contributed by atoms with Crippen LogP contribution in [0.3, 0.4) is 0 Å². The van der Waals surface area contributed by atoms with Gasteiger partial charge in [0, 0.05) is 6.54 Å². The van der Waals surface area contributed by atoms with Crippen molar-refractivity contribution in [3.05, 3.63) is 47.5 Å². The number of amides is 1. The van der Waals surface area contributed by atoms with Gasteiger partial charge in [0.15, 0.2) is 0 Å². The minimum atomic E-state index is -0.989. The van der Waals surface area contributed by atoms with Gasteiger partial charge in [-0.2, -0.15) is 0 Å². The predicted octanol–water partition coefficient (Wildman–Crippen LogP) is 1.94. The van der Waals surface area contributed by atoms with E-state index in [0.29, 0.717) is 6.54 Å². The van der Waals surface area contributed by atoms with Gasteiger partial charge in [-0.3, -0.25) is 4.79 Å². The fourth-order valence-corrected chi connectivity index (χ4v) is 1.45. The molecule has 0 spiro atoms. The second-order valence-electron chi connectivity index (χ2n) is 4.56. The minimum Gasteiger partial charge on any atom is -0.351 e. The summed E-state index contributed by atoms with van der Waals surface area (Å²) in [6.45, 7) is 6.22. The van der Waals surface area contributed by atoms with Gasteiger partial charge in [0.05, 0.1) is 0 Å². The monoisotopic (exact) mass is 232 g/mol. The highest BCUT2D eigenvalue weighted by Crippen LogP contribution is 2.17. The van der Waals surface area contributed by atoms with Crippen LogP contribution in [0.5, 0.6) is 0 Å². The van der Waals surface area contributed by atoms with E-state index in [1.165, 1.54) is 5.57 Å². The summed E-state index contributed by atoms with van der Waals surface area (Å²) >= 11 is 0. The molecular formula is C14H20N2O. The third kappa shape index (κ3) is 3.71. The molecule has 0 aromatic heterocycles. The summed E-state index contributed by atoms with van der Waals surface area (Å²) in [6.07, 6.45) is 1.96. The van der Waals surface area contributed by atoms with Crippen molar-refractivity contribution >= 4 is 5.91 Å². The van der Waals surface area contributed by atoms with Gasteiger partial charge < -0.3 is 11.1 Å². The molecule has 0 aliphatic rings. The van der Waals surface area contributed by atoms with Gasteiger partial charge in [-0.1, -0.05) is 42.0 Å². The molecule has 0 saturated carbocycles.